The van der Waals surface area contributed by atoms with E-state index in [1.165, 1.54) is 7.11 Å². The smallest absolute Gasteiger partial charge is 0.360 e. The zero-order valence-corrected chi connectivity index (χ0v) is 19.8. The van der Waals surface area contributed by atoms with Crippen molar-refractivity contribution in [3.8, 4) is 11.3 Å². The van der Waals surface area contributed by atoms with Gasteiger partial charge in [0, 0.05) is 44.8 Å². The van der Waals surface area contributed by atoms with Crippen molar-refractivity contribution in [2.24, 2.45) is 7.05 Å². The molecule has 1 aromatic carbocycles. The maximum absolute atomic E-state index is 12.7. The molecule has 3 aromatic heterocycles. The number of anilines is 4. The molecule has 1 aliphatic heterocycles. The first kappa shape index (κ1) is 22.5. The van der Waals surface area contributed by atoms with Crippen LogP contribution >= 0.6 is 0 Å². The standard InChI is InChI=1S/C24H26N8O3/c1-25-22-20(17-12-26-13-18-19(17)27-14-31(18)2)29-21(24(33)34-3)23(30-22)28-15-4-6-16(7-5-15)32-8-10-35-11-9-32/h4-7,12-14H,8-11H2,1-3H3,(H2,25,28,30). The van der Waals surface area contributed by atoms with Crippen LogP contribution in [0.4, 0.5) is 23.0 Å². The Morgan fingerprint density at radius 1 is 1.09 bits per heavy atom. The Balaban J connectivity index is 1.53. The van der Waals surface area contributed by atoms with Gasteiger partial charge in [-0.3, -0.25) is 4.98 Å². The minimum absolute atomic E-state index is 0.0617. The van der Waals surface area contributed by atoms with E-state index in [2.05, 4.69) is 35.5 Å². The zero-order valence-electron chi connectivity index (χ0n) is 19.8. The molecule has 0 spiro atoms. The second kappa shape index (κ2) is 9.55. The summed E-state index contributed by atoms with van der Waals surface area (Å²) < 4.78 is 12.3. The van der Waals surface area contributed by atoms with Crippen molar-refractivity contribution in [2.45, 2.75) is 0 Å². The topological polar surface area (TPSA) is 119 Å². The van der Waals surface area contributed by atoms with Crippen LogP contribution < -0.4 is 15.5 Å². The highest BCUT2D eigenvalue weighted by atomic mass is 16.5. The van der Waals surface area contributed by atoms with E-state index in [0.29, 0.717) is 22.6 Å². The monoisotopic (exact) mass is 474 g/mol. The molecule has 0 atom stereocenters. The maximum Gasteiger partial charge on any atom is 0.360 e. The lowest BCUT2D eigenvalue weighted by molar-refractivity contribution is 0.0595. The molecule has 35 heavy (non-hydrogen) atoms. The number of carbonyl (C=O) groups is 1. The Morgan fingerprint density at radius 2 is 1.86 bits per heavy atom. The number of nitrogens with one attached hydrogen (secondary N) is 2. The molecule has 1 aliphatic rings. The van der Waals surface area contributed by atoms with Crippen LogP contribution in [0.2, 0.25) is 0 Å². The fraction of sp³-hybridized carbons (Fsp3) is 0.292. The Bertz CT molecular complexity index is 1360. The van der Waals surface area contributed by atoms with Crippen molar-refractivity contribution >= 4 is 40.0 Å². The summed E-state index contributed by atoms with van der Waals surface area (Å²) in [6.07, 6.45) is 5.11. The van der Waals surface area contributed by atoms with Crippen LogP contribution in [-0.4, -0.2) is 70.9 Å². The summed E-state index contributed by atoms with van der Waals surface area (Å²) in [6, 6.07) is 7.94. The van der Waals surface area contributed by atoms with E-state index >= 15 is 0 Å². The van der Waals surface area contributed by atoms with Gasteiger partial charge in [-0.15, -0.1) is 0 Å². The first-order valence-corrected chi connectivity index (χ1v) is 11.2. The lowest BCUT2D eigenvalue weighted by Gasteiger charge is -2.29. The highest BCUT2D eigenvalue weighted by molar-refractivity contribution is 5.98. The number of aromatic nitrogens is 5. The fourth-order valence-corrected chi connectivity index (χ4v) is 4.05. The summed E-state index contributed by atoms with van der Waals surface area (Å²) in [6.45, 7) is 3.16. The molecule has 0 unspecified atom stereocenters. The number of pyridine rings is 1. The van der Waals surface area contributed by atoms with Gasteiger partial charge in [0.25, 0.3) is 0 Å². The van der Waals surface area contributed by atoms with Crippen molar-refractivity contribution in [1.82, 2.24) is 24.5 Å². The molecule has 11 nitrogen and oxygen atoms in total. The maximum atomic E-state index is 12.7. The second-order valence-corrected chi connectivity index (χ2v) is 8.04. The molecule has 4 aromatic rings. The normalized spacial score (nSPS) is 13.6. The number of nitrogens with zero attached hydrogens (tertiary/aromatic N) is 6. The largest absolute Gasteiger partial charge is 0.464 e. The molecule has 0 bridgehead atoms. The average Bonchev–Trinajstić information content (AvgIpc) is 3.30. The van der Waals surface area contributed by atoms with Crippen molar-refractivity contribution in [3.05, 3.63) is 48.7 Å². The first-order chi connectivity index (χ1) is 17.1. The second-order valence-electron chi connectivity index (χ2n) is 8.04. The number of benzene rings is 1. The van der Waals surface area contributed by atoms with E-state index in [9.17, 15) is 4.79 Å². The summed E-state index contributed by atoms with van der Waals surface area (Å²) in [5, 5.41) is 6.30. The lowest BCUT2D eigenvalue weighted by atomic mass is 10.1. The van der Waals surface area contributed by atoms with E-state index in [-0.39, 0.29) is 11.5 Å². The van der Waals surface area contributed by atoms with E-state index in [4.69, 9.17) is 9.47 Å². The highest BCUT2D eigenvalue weighted by Crippen LogP contribution is 2.33. The lowest BCUT2D eigenvalue weighted by Crippen LogP contribution is -2.36. The molecule has 0 amide bonds. The van der Waals surface area contributed by atoms with Gasteiger partial charge in [-0.1, -0.05) is 0 Å². The van der Waals surface area contributed by atoms with Crippen LogP contribution in [-0.2, 0) is 16.5 Å². The molecule has 5 rings (SSSR count). The average molecular weight is 475 g/mol. The van der Waals surface area contributed by atoms with Crippen LogP contribution in [0.25, 0.3) is 22.3 Å². The predicted octanol–water partition coefficient (Wildman–Crippen LogP) is 2.83. The molecule has 4 heterocycles. The zero-order chi connectivity index (χ0) is 24.4. The van der Waals surface area contributed by atoms with Crippen LogP contribution in [0.5, 0.6) is 0 Å². The van der Waals surface area contributed by atoms with Gasteiger partial charge in [-0.05, 0) is 24.3 Å². The minimum atomic E-state index is -0.602. The number of esters is 1. The van der Waals surface area contributed by atoms with E-state index in [1.54, 1.807) is 25.8 Å². The third kappa shape index (κ3) is 4.33. The molecule has 2 N–H and O–H groups in total. The number of rotatable bonds is 6. The van der Waals surface area contributed by atoms with Gasteiger partial charge in [-0.25, -0.2) is 19.7 Å². The van der Waals surface area contributed by atoms with Crippen molar-refractivity contribution in [2.75, 3.05) is 56.0 Å². The minimum Gasteiger partial charge on any atom is -0.464 e. The summed E-state index contributed by atoms with van der Waals surface area (Å²) in [7, 11) is 4.96. The molecular weight excluding hydrogens is 448 g/mol. The number of ether oxygens (including phenoxy) is 2. The fourth-order valence-electron chi connectivity index (χ4n) is 4.05. The van der Waals surface area contributed by atoms with E-state index < -0.39 is 5.97 Å². The summed E-state index contributed by atoms with van der Waals surface area (Å²) >= 11 is 0. The molecule has 11 heteroatoms. The third-order valence-corrected chi connectivity index (χ3v) is 5.91. The molecule has 0 aliphatic carbocycles. The summed E-state index contributed by atoms with van der Waals surface area (Å²) in [5.74, 6) is 0.158. The first-order valence-electron chi connectivity index (χ1n) is 11.2. The molecule has 0 radical (unpaired) electrons. The number of fused-ring (bicyclic) bond motifs is 1. The Kier molecular flexibility index (Phi) is 6.15. The Labute approximate surface area is 202 Å². The molecular formula is C24H26N8O3. The highest BCUT2D eigenvalue weighted by Gasteiger charge is 2.23. The third-order valence-electron chi connectivity index (χ3n) is 5.91. The number of carbonyl (C=O) groups excluding carboxylic acids is 1. The Hall–Kier alpha value is -4.25. The van der Waals surface area contributed by atoms with E-state index in [1.807, 2.05) is 35.9 Å². The molecule has 180 valence electrons. The van der Waals surface area contributed by atoms with Gasteiger partial charge >= 0.3 is 5.97 Å². The number of hydrogen-bond acceptors (Lipinski definition) is 10. The van der Waals surface area contributed by atoms with Crippen LogP contribution in [0.15, 0.2) is 43.0 Å². The van der Waals surface area contributed by atoms with Crippen LogP contribution in [0.3, 0.4) is 0 Å². The van der Waals surface area contributed by atoms with Gasteiger partial charge in [-0.2, -0.15) is 0 Å². The SMILES string of the molecule is CNc1nc(Nc2ccc(N3CCOCC3)cc2)c(C(=O)OC)nc1-c1cncc2c1ncn2C. The van der Waals surface area contributed by atoms with E-state index in [0.717, 1.165) is 43.2 Å². The van der Waals surface area contributed by atoms with Gasteiger partial charge in [0.05, 0.1) is 43.9 Å². The molecule has 1 saturated heterocycles. The van der Waals surface area contributed by atoms with Gasteiger partial charge in [0.1, 0.15) is 11.2 Å². The number of imidazole rings is 1. The summed E-state index contributed by atoms with van der Waals surface area (Å²) in [4.78, 5) is 33.1. The van der Waals surface area contributed by atoms with Gasteiger partial charge in [0.15, 0.2) is 17.3 Å². The predicted molar refractivity (Wildman–Crippen MR) is 133 cm³/mol. The number of morpholine rings is 1. The Morgan fingerprint density at radius 3 is 2.57 bits per heavy atom. The van der Waals surface area contributed by atoms with Crippen molar-refractivity contribution in [3.63, 3.8) is 0 Å². The number of methoxy groups -OCH3 is 1. The van der Waals surface area contributed by atoms with Gasteiger partial charge < -0.3 is 29.6 Å². The molecule has 0 saturated carbocycles. The van der Waals surface area contributed by atoms with Gasteiger partial charge in [0.2, 0.25) is 0 Å². The molecule has 1 fully saturated rings. The number of aryl methyl sites for hydroxylation is 1. The quantitative estimate of drug-likeness (QED) is 0.404. The van der Waals surface area contributed by atoms with Crippen LogP contribution in [0.1, 0.15) is 10.5 Å². The van der Waals surface area contributed by atoms with Crippen LogP contribution in [0, 0.1) is 0 Å². The number of hydrogen-bond donors (Lipinski definition) is 2. The van der Waals surface area contributed by atoms with Crippen molar-refractivity contribution < 1.29 is 14.3 Å². The summed E-state index contributed by atoms with van der Waals surface area (Å²) in [5.41, 5.74) is 4.61. The van der Waals surface area contributed by atoms with Crippen molar-refractivity contribution in [1.29, 1.82) is 0 Å².